The number of hydrogen-bond donors (Lipinski definition) is 0. The molecule has 4 aliphatic rings. The average Bonchev–Trinajstić information content (AvgIpc) is 3.57. The number of furan rings is 1. The Kier molecular flexibility index (Phi) is 6.73. The van der Waals surface area contributed by atoms with Gasteiger partial charge in [-0.2, -0.15) is 5.26 Å². The molecule has 6 aromatic carbocycles. The van der Waals surface area contributed by atoms with Crippen molar-refractivity contribution >= 4 is 32.7 Å². The van der Waals surface area contributed by atoms with Gasteiger partial charge >= 0.3 is 0 Å². The molecular formula is C48H36N4O. The van der Waals surface area contributed by atoms with Crippen LogP contribution in [0.5, 0.6) is 0 Å². The Bertz CT molecular complexity index is 2750. The quantitative estimate of drug-likeness (QED) is 0.180. The van der Waals surface area contributed by atoms with Gasteiger partial charge in [0, 0.05) is 27.5 Å². The summed E-state index contributed by atoms with van der Waals surface area (Å²) in [5.74, 6) is 4.70. The number of aromatic nitrogens is 3. The van der Waals surface area contributed by atoms with Gasteiger partial charge in [0.05, 0.1) is 11.6 Å². The van der Waals surface area contributed by atoms with E-state index in [1.807, 2.05) is 18.2 Å². The Morgan fingerprint density at radius 2 is 1.13 bits per heavy atom. The Hall–Kier alpha value is -6.12. The molecule has 5 heteroatoms. The van der Waals surface area contributed by atoms with E-state index in [-0.39, 0.29) is 0 Å². The van der Waals surface area contributed by atoms with Gasteiger partial charge in [-0.05, 0) is 126 Å². The standard InChI is InChI=1S/C48H36N4O/c49-28-29-11-17-43-41(22-29)42-24-36(14-18-44(42)53-43)35-7-3-8-37(23-35)46-50-45(51-47(52-46)40-10-4-6-33-5-1-2-9-39(33)40)34-12-15-38(16-13-34)48-25-30-19-31(26-48)21-32(20-30)27-48/h1-18,22-24,30-32H,19-21,25-27H2. The summed E-state index contributed by atoms with van der Waals surface area (Å²) in [5, 5.41) is 13.7. The SMILES string of the molecule is N#Cc1ccc2oc3ccc(-c4cccc(-c5nc(-c6ccc(C78CC9CC(CC(C9)C7)C8)cc6)nc(-c6cccc7ccccc67)n5)c4)cc3c2c1. The fourth-order valence-corrected chi connectivity index (χ4v) is 10.5. The van der Waals surface area contributed by atoms with Crippen LogP contribution in [-0.4, -0.2) is 15.0 Å². The third-order valence-corrected chi connectivity index (χ3v) is 12.5. The second kappa shape index (κ2) is 11.7. The van der Waals surface area contributed by atoms with E-state index < -0.39 is 0 Å². The van der Waals surface area contributed by atoms with Crippen molar-refractivity contribution in [1.29, 1.82) is 5.26 Å². The van der Waals surface area contributed by atoms with Gasteiger partial charge in [-0.1, -0.05) is 91.0 Å². The van der Waals surface area contributed by atoms with Gasteiger partial charge in [-0.25, -0.2) is 15.0 Å². The van der Waals surface area contributed by atoms with Gasteiger partial charge in [0.25, 0.3) is 0 Å². The molecule has 2 aromatic heterocycles. The van der Waals surface area contributed by atoms with E-state index in [0.29, 0.717) is 28.5 Å². The lowest BCUT2D eigenvalue weighted by Crippen LogP contribution is -2.48. The van der Waals surface area contributed by atoms with Crippen LogP contribution in [0, 0.1) is 29.1 Å². The first kappa shape index (κ1) is 30.5. The highest BCUT2D eigenvalue weighted by atomic mass is 16.3. The molecule has 12 rings (SSSR count). The third kappa shape index (κ3) is 5.08. The minimum atomic E-state index is 0.343. The Morgan fingerprint density at radius 1 is 0.528 bits per heavy atom. The number of benzene rings is 6. The second-order valence-electron chi connectivity index (χ2n) is 15.8. The van der Waals surface area contributed by atoms with Crippen LogP contribution in [0.15, 0.2) is 132 Å². The molecule has 0 amide bonds. The first-order valence-electron chi connectivity index (χ1n) is 18.9. The monoisotopic (exact) mass is 684 g/mol. The zero-order valence-electron chi connectivity index (χ0n) is 29.3. The summed E-state index contributed by atoms with van der Waals surface area (Å²) in [4.78, 5) is 15.5. The summed E-state index contributed by atoms with van der Waals surface area (Å²) in [5.41, 5.74) is 9.04. The highest BCUT2D eigenvalue weighted by Crippen LogP contribution is 2.60. The summed E-state index contributed by atoms with van der Waals surface area (Å²) in [6.45, 7) is 0. The smallest absolute Gasteiger partial charge is 0.164 e. The number of rotatable bonds is 5. The van der Waals surface area contributed by atoms with Crippen molar-refractivity contribution in [3.8, 4) is 51.4 Å². The maximum absolute atomic E-state index is 9.53. The van der Waals surface area contributed by atoms with Crippen LogP contribution in [0.25, 0.3) is 78.0 Å². The van der Waals surface area contributed by atoms with Gasteiger partial charge in [0.2, 0.25) is 0 Å². The molecule has 0 N–H and O–H groups in total. The van der Waals surface area contributed by atoms with Crippen molar-refractivity contribution < 1.29 is 4.42 Å². The lowest BCUT2D eigenvalue weighted by atomic mass is 9.48. The molecule has 4 saturated carbocycles. The van der Waals surface area contributed by atoms with Crippen molar-refractivity contribution in [2.45, 2.75) is 43.9 Å². The predicted molar refractivity (Wildman–Crippen MR) is 211 cm³/mol. The fraction of sp³-hybridized carbons (Fsp3) is 0.208. The maximum Gasteiger partial charge on any atom is 0.164 e. The molecule has 53 heavy (non-hydrogen) atoms. The normalized spacial score (nSPS) is 21.8. The summed E-state index contributed by atoms with van der Waals surface area (Å²) >= 11 is 0. The number of fused-ring (bicyclic) bond motifs is 4. The van der Waals surface area contributed by atoms with E-state index in [1.165, 1.54) is 44.1 Å². The number of nitriles is 1. The van der Waals surface area contributed by atoms with Crippen molar-refractivity contribution in [3.63, 3.8) is 0 Å². The summed E-state index contributed by atoms with van der Waals surface area (Å²) in [7, 11) is 0. The molecule has 8 aromatic rings. The lowest BCUT2D eigenvalue weighted by molar-refractivity contribution is -0.00518. The molecule has 0 atom stereocenters. The third-order valence-electron chi connectivity index (χ3n) is 12.5. The van der Waals surface area contributed by atoms with Crippen molar-refractivity contribution in [3.05, 3.63) is 139 Å². The summed E-state index contributed by atoms with van der Waals surface area (Å²) < 4.78 is 6.11. The molecule has 4 bridgehead atoms. The van der Waals surface area contributed by atoms with Crippen LogP contribution >= 0.6 is 0 Å². The van der Waals surface area contributed by atoms with Gasteiger partial charge in [0.1, 0.15) is 11.2 Å². The van der Waals surface area contributed by atoms with E-state index in [4.69, 9.17) is 19.4 Å². The van der Waals surface area contributed by atoms with Crippen molar-refractivity contribution in [1.82, 2.24) is 15.0 Å². The molecule has 2 heterocycles. The van der Waals surface area contributed by atoms with Crippen LogP contribution in [0.1, 0.15) is 49.7 Å². The average molecular weight is 685 g/mol. The topological polar surface area (TPSA) is 75.6 Å². The van der Waals surface area contributed by atoms with Crippen LogP contribution in [-0.2, 0) is 5.41 Å². The molecule has 0 aliphatic heterocycles. The van der Waals surface area contributed by atoms with Crippen molar-refractivity contribution in [2.24, 2.45) is 17.8 Å². The molecule has 0 radical (unpaired) electrons. The zero-order chi connectivity index (χ0) is 35.1. The van der Waals surface area contributed by atoms with E-state index in [9.17, 15) is 5.26 Å². The van der Waals surface area contributed by atoms with Gasteiger partial charge < -0.3 is 4.42 Å². The lowest BCUT2D eigenvalue weighted by Gasteiger charge is -2.57. The van der Waals surface area contributed by atoms with E-state index in [0.717, 1.165) is 78.3 Å². The van der Waals surface area contributed by atoms with Crippen LogP contribution < -0.4 is 0 Å². The van der Waals surface area contributed by atoms with E-state index in [2.05, 4.69) is 109 Å². The Labute approximate surface area is 308 Å². The minimum Gasteiger partial charge on any atom is -0.456 e. The van der Waals surface area contributed by atoms with E-state index in [1.54, 1.807) is 6.07 Å². The molecule has 0 saturated heterocycles. The molecular weight excluding hydrogens is 649 g/mol. The second-order valence-corrected chi connectivity index (χ2v) is 15.8. The van der Waals surface area contributed by atoms with Gasteiger partial charge in [-0.3, -0.25) is 0 Å². The zero-order valence-corrected chi connectivity index (χ0v) is 29.3. The highest BCUT2D eigenvalue weighted by Gasteiger charge is 2.51. The number of hydrogen-bond acceptors (Lipinski definition) is 5. The van der Waals surface area contributed by atoms with Crippen molar-refractivity contribution in [2.75, 3.05) is 0 Å². The summed E-state index contributed by atoms with van der Waals surface area (Å²) in [6.07, 6.45) is 8.38. The highest BCUT2D eigenvalue weighted by molar-refractivity contribution is 6.06. The van der Waals surface area contributed by atoms with Crippen LogP contribution in [0.3, 0.4) is 0 Å². The maximum atomic E-state index is 9.53. The predicted octanol–water partition coefficient (Wildman–Crippen LogP) is 11.9. The number of nitrogens with zero attached hydrogens (tertiary/aromatic N) is 4. The van der Waals surface area contributed by atoms with E-state index >= 15 is 0 Å². The molecule has 254 valence electrons. The molecule has 0 spiro atoms. The van der Waals surface area contributed by atoms with Crippen LogP contribution in [0.2, 0.25) is 0 Å². The van der Waals surface area contributed by atoms with Gasteiger partial charge in [0.15, 0.2) is 17.5 Å². The summed E-state index contributed by atoms with van der Waals surface area (Å²) in [6, 6.07) is 46.5. The molecule has 0 unspecified atom stereocenters. The van der Waals surface area contributed by atoms with Gasteiger partial charge in [-0.15, -0.1) is 0 Å². The fourth-order valence-electron chi connectivity index (χ4n) is 10.5. The minimum absolute atomic E-state index is 0.343. The molecule has 5 nitrogen and oxygen atoms in total. The molecule has 4 aliphatic carbocycles. The largest absolute Gasteiger partial charge is 0.456 e. The molecule has 4 fully saturated rings. The Morgan fingerprint density at radius 3 is 1.91 bits per heavy atom. The Balaban J connectivity index is 1.02. The first-order chi connectivity index (χ1) is 26.1. The first-order valence-corrected chi connectivity index (χ1v) is 18.9. The van der Waals surface area contributed by atoms with Crippen LogP contribution in [0.4, 0.5) is 0 Å².